The highest BCUT2D eigenvalue weighted by molar-refractivity contribution is 5.79. The zero-order chi connectivity index (χ0) is 16.9. The van der Waals surface area contributed by atoms with Crippen molar-refractivity contribution in [3.05, 3.63) is 71.0 Å². The van der Waals surface area contributed by atoms with Crippen LogP contribution in [0.5, 0.6) is 0 Å². The summed E-state index contributed by atoms with van der Waals surface area (Å²) in [7, 11) is 0. The van der Waals surface area contributed by atoms with Crippen molar-refractivity contribution in [3.63, 3.8) is 0 Å². The minimum atomic E-state index is -0.753. The van der Waals surface area contributed by atoms with Gasteiger partial charge >= 0.3 is 0 Å². The van der Waals surface area contributed by atoms with Crippen LogP contribution in [0, 0.1) is 0 Å². The second-order valence-corrected chi connectivity index (χ2v) is 5.14. The van der Waals surface area contributed by atoms with Crippen LogP contribution < -0.4 is 10.9 Å². The summed E-state index contributed by atoms with van der Waals surface area (Å²) in [5, 5.41) is 11.0. The van der Waals surface area contributed by atoms with Gasteiger partial charge in [-0.15, -0.1) is 5.10 Å². The summed E-state index contributed by atoms with van der Waals surface area (Å²) in [6.07, 6.45) is 4.98. The Morgan fingerprint density at radius 2 is 2.08 bits per heavy atom. The monoisotopic (exact) mass is 324 g/mol. The van der Waals surface area contributed by atoms with Gasteiger partial charge in [0.25, 0.3) is 5.56 Å². The summed E-state index contributed by atoms with van der Waals surface area (Å²) in [5.74, 6) is 0.150. The fourth-order valence-corrected chi connectivity index (χ4v) is 2.16. The van der Waals surface area contributed by atoms with Crippen LogP contribution in [0.25, 0.3) is 5.82 Å². The van der Waals surface area contributed by atoms with Crippen molar-refractivity contribution in [2.45, 2.75) is 19.5 Å². The van der Waals surface area contributed by atoms with Gasteiger partial charge in [-0.25, -0.2) is 9.36 Å². The summed E-state index contributed by atoms with van der Waals surface area (Å²) in [5.41, 5.74) is 0.384. The molecule has 0 radical (unpaired) electrons. The number of nitrogens with zero attached hydrogens (tertiary/aromatic N) is 5. The zero-order valence-corrected chi connectivity index (χ0v) is 13.0. The average molecular weight is 324 g/mol. The molecule has 3 aromatic rings. The van der Waals surface area contributed by atoms with Crippen LogP contribution in [0.1, 0.15) is 18.7 Å². The Bertz CT molecular complexity index is 873. The SMILES string of the molecule is CC(C(=O)NCc1ccccn1)n1nc(-n2cccn2)ccc1=O. The predicted octanol–water partition coefficient (Wildman–Crippen LogP) is 0.701. The van der Waals surface area contributed by atoms with Crippen molar-refractivity contribution in [1.29, 1.82) is 0 Å². The number of rotatable bonds is 5. The molecule has 3 heterocycles. The van der Waals surface area contributed by atoms with E-state index in [1.54, 1.807) is 43.7 Å². The normalized spacial score (nSPS) is 11.9. The van der Waals surface area contributed by atoms with Crippen LogP contribution in [-0.2, 0) is 11.3 Å². The first-order valence-electron chi connectivity index (χ1n) is 7.42. The summed E-state index contributed by atoms with van der Waals surface area (Å²) in [4.78, 5) is 28.5. The molecule has 0 aliphatic heterocycles. The number of nitrogens with one attached hydrogen (secondary N) is 1. The van der Waals surface area contributed by atoms with Gasteiger partial charge in [0.1, 0.15) is 6.04 Å². The summed E-state index contributed by atoms with van der Waals surface area (Å²) < 4.78 is 2.67. The molecule has 0 fully saturated rings. The fourth-order valence-electron chi connectivity index (χ4n) is 2.16. The first-order valence-corrected chi connectivity index (χ1v) is 7.42. The second-order valence-electron chi connectivity index (χ2n) is 5.14. The maximum absolute atomic E-state index is 12.3. The van der Waals surface area contributed by atoms with Crippen LogP contribution in [0.15, 0.2) is 59.8 Å². The maximum Gasteiger partial charge on any atom is 0.267 e. The molecule has 1 amide bonds. The van der Waals surface area contributed by atoms with Crippen molar-refractivity contribution < 1.29 is 4.79 Å². The van der Waals surface area contributed by atoms with E-state index < -0.39 is 6.04 Å². The van der Waals surface area contributed by atoms with Crippen molar-refractivity contribution in [2.24, 2.45) is 0 Å². The number of hydrogen-bond donors (Lipinski definition) is 1. The van der Waals surface area contributed by atoms with E-state index in [9.17, 15) is 9.59 Å². The molecule has 1 atom stereocenters. The quantitative estimate of drug-likeness (QED) is 0.745. The molecule has 8 heteroatoms. The molecule has 1 unspecified atom stereocenters. The van der Waals surface area contributed by atoms with E-state index in [0.29, 0.717) is 5.82 Å². The van der Waals surface area contributed by atoms with E-state index in [4.69, 9.17) is 0 Å². The lowest BCUT2D eigenvalue weighted by Gasteiger charge is -2.14. The third kappa shape index (κ3) is 3.37. The largest absolute Gasteiger partial charge is 0.349 e. The molecule has 0 saturated heterocycles. The highest BCUT2D eigenvalue weighted by Gasteiger charge is 2.18. The highest BCUT2D eigenvalue weighted by Crippen LogP contribution is 2.05. The molecule has 3 aromatic heterocycles. The summed E-state index contributed by atoms with van der Waals surface area (Å²) >= 11 is 0. The maximum atomic E-state index is 12.3. The molecular weight excluding hydrogens is 308 g/mol. The smallest absolute Gasteiger partial charge is 0.267 e. The van der Waals surface area contributed by atoms with E-state index in [0.717, 1.165) is 10.4 Å². The zero-order valence-electron chi connectivity index (χ0n) is 13.0. The van der Waals surface area contributed by atoms with Gasteiger partial charge in [-0.05, 0) is 31.2 Å². The van der Waals surface area contributed by atoms with E-state index in [1.165, 1.54) is 10.7 Å². The third-order valence-electron chi connectivity index (χ3n) is 3.47. The van der Waals surface area contributed by atoms with Gasteiger partial charge in [0.2, 0.25) is 5.91 Å². The Morgan fingerprint density at radius 1 is 1.21 bits per heavy atom. The number of carbonyl (C=O) groups is 1. The lowest BCUT2D eigenvalue weighted by atomic mass is 10.3. The Morgan fingerprint density at radius 3 is 2.79 bits per heavy atom. The van der Waals surface area contributed by atoms with Crippen LogP contribution in [0.3, 0.4) is 0 Å². The lowest BCUT2D eigenvalue weighted by molar-refractivity contribution is -0.124. The second kappa shape index (κ2) is 6.86. The molecular formula is C16H16N6O2. The molecule has 122 valence electrons. The molecule has 3 rings (SSSR count). The molecule has 0 aromatic carbocycles. The molecule has 0 aliphatic carbocycles. The Kier molecular flexibility index (Phi) is 4.46. The molecule has 8 nitrogen and oxygen atoms in total. The van der Waals surface area contributed by atoms with Crippen molar-refractivity contribution >= 4 is 5.91 Å². The Balaban J connectivity index is 1.76. The molecule has 0 saturated carbocycles. The van der Waals surface area contributed by atoms with E-state index in [2.05, 4.69) is 20.5 Å². The number of amides is 1. The van der Waals surface area contributed by atoms with Crippen LogP contribution >= 0.6 is 0 Å². The van der Waals surface area contributed by atoms with Gasteiger partial charge in [-0.2, -0.15) is 5.10 Å². The molecule has 24 heavy (non-hydrogen) atoms. The molecule has 0 bridgehead atoms. The van der Waals surface area contributed by atoms with Gasteiger partial charge < -0.3 is 5.32 Å². The third-order valence-corrected chi connectivity index (χ3v) is 3.47. The van der Waals surface area contributed by atoms with Gasteiger partial charge in [0.15, 0.2) is 5.82 Å². The van der Waals surface area contributed by atoms with Crippen molar-refractivity contribution in [1.82, 2.24) is 29.9 Å². The fraction of sp³-hybridized carbons (Fsp3) is 0.188. The van der Waals surface area contributed by atoms with E-state index in [-0.39, 0.29) is 18.0 Å². The van der Waals surface area contributed by atoms with Crippen molar-refractivity contribution in [2.75, 3.05) is 0 Å². The topological polar surface area (TPSA) is 94.7 Å². The number of aromatic nitrogens is 5. The number of carbonyl (C=O) groups excluding carboxylic acids is 1. The molecule has 0 spiro atoms. The standard InChI is InChI=1S/C16H16N6O2/c1-12(16(24)18-11-13-5-2-3-8-17-13)22-15(23)7-6-14(20-22)21-10-4-9-19-21/h2-10,12H,11H2,1H3,(H,18,24). The Labute approximate surface area is 137 Å². The summed E-state index contributed by atoms with van der Waals surface area (Å²) in [6, 6.07) is 9.39. The van der Waals surface area contributed by atoms with Crippen LogP contribution in [0.2, 0.25) is 0 Å². The first kappa shape index (κ1) is 15.6. The number of pyridine rings is 1. The van der Waals surface area contributed by atoms with Gasteiger partial charge in [0, 0.05) is 24.7 Å². The minimum absolute atomic E-state index is 0.289. The average Bonchev–Trinajstić information content (AvgIpc) is 3.15. The van der Waals surface area contributed by atoms with E-state index in [1.807, 2.05) is 12.1 Å². The van der Waals surface area contributed by atoms with Gasteiger partial charge in [-0.1, -0.05) is 6.07 Å². The van der Waals surface area contributed by atoms with Crippen LogP contribution in [0.4, 0.5) is 0 Å². The summed E-state index contributed by atoms with van der Waals surface area (Å²) in [6.45, 7) is 1.91. The lowest BCUT2D eigenvalue weighted by Crippen LogP contribution is -2.37. The number of hydrogen-bond acceptors (Lipinski definition) is 5. The van der Waals surface area contributed by atoms with Crippen LogP contribution in [-0.4, -0.2) is 30.5 Å². The highest BCUT2D eigenvalue weighted by atomic mass is 16.2. The molecule has 1 N–H and O–H groups in total. The van der Waals surface area contributed by atoms with Crippen molar-refractivity contribution in [3.8, 4) is 5.82 Å². The predicted molar refractivity (Wildman–Crippen MR) is 86.4 cm³/mol. The first-order chi connectivity index (χ1) is 11.6. The van der Waals surface area contributed by atoms with Gasteiger partial charge in [0.05, 0.1) is 12.2 Å². The Hall–Kier alpha value is -3.29. The van der Waals surface area contributed by atoms with E-state index >= 15 is 0 Å². The molecule has 0 aliphatic rings. The minimum Gasteiger partial charge on any atom is -0.349 e. The van der Waals surface area contributed by atoms with Gasteiger partial charge in [-0.3, -0.25) is 14.6 Å².